The lowest BCUT2D eigenvalue weighted by molar-refractivity contribution is 0.257. The Balaban J connectivity index is 2.44. The van der Waals surface area contributed by atoms with E-state index in [1.54, 1.807) is 6.07 Å². The molecule has 1 aliphatic heterocycles. The van der Waals surface area contributed by atoms with E-state index in [0.29, 0.717) is 6.54 Å². The average molecular weight is 280 g/mol. The van der Waals surface area contributed by atoms with Crippen LogP contribution in [-0.2, 0) is 10.0 Å². The number of piperidine rings is 1. The van der Waals surface area contributed by atoms with Crippen molar-refractivity contribution in [2.24, 2.45) is 5.73 Å². The highest BCUT2D eigenvalue weighted by atomic mass is 32.2. The van der Waals surface area contributed by atoms with Gasteiger partial charge in [0.15, 0.2) is 5.03 Å². The summed E-state index contributed by atoms with van der Waals surface area (Å²) in [6.45, 7) is 0.722. The maximum atomic E-state index is 12.6. The maximum Gasteiger partial charge on any atom is 0.262 e. The quantitative estimate of drug-likeness (QED) is 0.866. The van der Waals surface area contributed by atoms with Crippen LogP contribution in [0.5, 0.6) is 0 Å². The van der Waals surface area contributed by atoms with Crippen LogP contribution in [0.25, 0.3) is 0 Å². The normalized spacial score (nSPS) is 20.9. The SMILES string of the molecule is N#Cc1cccnc1S(=O)(=O)N1CCCC[C@H]1CN. The number of hydrogen-bond donors (Lipinski definition) is 1. The first-order chi connectivity index (χ1) is 9.11. The summed E-state index contributed by atoms with van der Waals surface area (Å²) in [5.41, 5.74) is 5.72. The lowest BCUT2D eigenvalue weighted by Crippen LogP contribution is -2.47. The van der Waals surface area contributed by atoms with Gasteiger partial charge in [0.05, 0.1) is 5.56 Å². The summed E-state index contributed by atoms with van der Waals surface area (Å²) in [6.07, 6.45) is 3.92. The highest BCUT2D eigenvalue weighted by molar-refractivity contribution is 7.89. The molecule has 2 rings (SSSR count). The molecule has 0 amide bonds. The molecule has 0 bridgehead atoms. The summed E-state index contributed by atoms with van der Waals surface area (Å²) in [4.78, 5) is 3.87. The molecule has 0 aromatic carbocycles. The van der Waals surface area contributed by atoms with E-state index in [-0.39, 0.29) is 23.2 Å². The van der Waals surface area contributed by atoms with Crippen molar-refractivity contribution in [3.05, 3.63) is 23.9 Å². The van der Waals surface area contributed by atoms with Gasteiger partial charge in [0.1, 0.15) is 6.07 Å². The molecule has 0 saturated carbocycles. The summed E-state index contributed by atoms with van der Waals surface area (Å²) >= 11 is 0. The lowest BCUT2D eigenvalue weighted by Gasteiger charge is -2.33. The molecule has 2 heterocycles. The van der Waals surface area contributed by atoms with E-state index >= 15 is 0 Å². The van der Waals surface area contributed by atoms with Crippen molar-refractivity contribution < 1.29 is 8.42 Å². The van der Waals surface area contributed by atoms with Crippen molar-refractivity contribution in [2.45, 2.75) is 30.3 Å². The summed E-state index contributed by atoms with van der Waals surface area (Å²) in [7, 11) is -3.75. The van der Waals surface area contributed by atoms with E-state index in [9.17, 15) is 8.42 Å². The Labute approximate surface area is 112 Å². The van der Waals surface area contributed by atoms with E-state index in [1.807, 2.05) is 6.07 Å². The molecule has 0 aliphatic carbocycles. The predicted molar refractivity (Wildman–Crippen MR) is 69.5 cm³/mol. The molecule has 19 heavy (non-hydrogen) atoms. The zero-order valence-corrected chi connectivity index (χ0v) is 11.3. The van der Waals surface area contributed by atoms with Crippen LogP contribution in [0.2, 0.25) is 0 Å². The number of sulfonamides is 1. The Kier molecular flexibility index (Phi) is 4.14. The predicted octanol–water partition coefficient (Wildman–Crippen LogP) is 0.455. The molecule has 6 nitrogen and oxygen atoms in total. The minimum atomic E-state index is -3.75. The van der Waals surface area contributed by atoms with Gasteiger partial charge in [-0.15, -0.1) is 0 Å². The van der Waals surface area contributed by atoms with Crippen LogP contribution < -0.4 is 5.73 Å². The molecule has 0 radical (unpaired) electrons. The molecule has 0 spiro atoms. The van der Waals surface area contributed by atoms with Crippen molar-refractivity contribution in [1.29, 1.82) is 5.26 Å². The summed E-state index contributed by atoms with van der Waals surface area (Å²) in [5.74, 6) is 0. The molecule has 1 atom stereocenters. The van der Waals surface area contributed by atoms with Crippen LogP contribution in [0.15, 0.2) is 23.4 Å². The van der Waals surface area contributed by atoms with Gasteiger partial charge in [-0.2, -0.15) is 9.57 Å². The fourth-order valence-electron chi connectivity index (χ4n) is 2.32. The molecule has 7 heteroatoms. The molecular formula is C12H16N4O2S. The number of pyridine rings is 1. The van der Waals surface area contributed by atoms with Crippen molar-refractivity contribution in [3.63, 3.8) is 0 Å². The number of nitriles is 1. The molecule has 102 valence electrons. The summed E-state index contributed by atoms with van der Waals surface area (Å²) in [5, 5.41) is 8.84. The van der Waals surface area contributed by atoms with Gasteiger partial charge in [-0.1, -0.05) is 6.42 Å². The first-order valence-electron chi connectivity index (χ1n) is 6.18. The van der Waals surface area contributed by atoms with Crippen molar-refractivity contribution >= 4 is 10.0 Å². The number of hydrogen-bond acceptors (Lipinski definition) is 5. The second-order valence-electron chi connectivity index (χ2n) is 4.47. The molecule has 1 saturated heterocycles. The molecule has 0 unspecified atom stereocenters. The van der Waals surface area contributed by atoms with Crippen molar-refractivity contribution in [3.8, 4) is 6.07 Å². The Hall–Kier alpha value is -1.49. The van der Waals surface area contributed by atoms with Gasteiger partial charge in [-0.05, 0) is 25.0 Å². The van der Waals surface area contributed by atoms with Gasteiger partial charge in [-0.25, -0.2) is 13.4 Å². The van der Waals surface area contributed by atoms with E-state index in [1.165, 1.54) is 16.6 Å². The van der Waals surface area contributed by atoms with Crippen molar-refractivity contribution in [1.82, 2.24) is 9.29 Å². The van der Waals surface area contributed by atoms with Gasteiger partial charge < -0.3 is 5.73 Å². The topological polar surface area (TPSA) is 100 Å². The Bertz CT molecular complexity index is 594. The Morgan fingerprint density at radius 1 is 1.53 bits per heavy atom. The maximum absolute atomic E-state index is 12.6. The number of rotatable bonds is 3. The standard InChI is InChI=1S/C12H16N4O2S/c13-8-10-4-3-6-15-12(10)19(17,18)16-7-2-1-5-11(16)9-14/h3-4,6,11H,1-2,5,7,9,14H2/t11-/m0/s1. The first kappa shape index (κ1) is 13.9. The van der Waals surface area contributed by atoms with Crippen LogP contribution >= 0.6 is 0 Å². The molecule has 1 fully saturated rings. The second-order valence-corrected chi connectivity index (χ2v) is 6.27. The molecule has 2 N–H and O–H groups in total. The van der Waals surface area contributed by atoms with E-state index in [2.05, 4.69) is 4.98 Å². The van der Waals surface area contributed by atoms with Crippen LogP contribution in [-0.4, -0.2) is 36.8 Å². The van der Waals surface area contributed by atoms with Crippen LogP contribution in [0, 0.1) is 11.3 Å². The highest BCUT2D eigenvalue weighted by Crippen LogP contribution is 2.25. The second kappa shape index (κ2) is 5.65. The fourth-order valence-corrected chi connectivity index (χ4v) is 4.08. The minimum absolute atomic E-state index is 0.0730. The number of nitrogens with zero attached hydrogens (tertiary/aromatic N) is 3. The lowest BCUT2D eigenvalue weighted by atomic mass is 10.1. The zero-order valence-electron chi connectivity index (χ0n) is 10.5. The fraction of sp³-hybridized carbons (Fsp3) is 0.500. The van der Waals surface area contributed by atoms with Gasteiger partial charge in [0.2, 0.25) is 0 Å². The van der Waals surface area contributed by atoms with Gasteiger partial charge >= 0.3 is 0 Å². The van der Waals surface area contributed by atoms with E-state index in [4.69, 9.17) is 11.0 Å². The van der Waals surface area contributed by atoms with E-state index in [0.717, 1.165) is 19.3 Å². The number of nitrogens with two attached hydrogens (primary N) is 1. The first-order valence-corrected chi connectivity index (χ1v) is 7.62. The Morgan fingerprint density at radius 2 is 2.32 bits per heavy atom. The van der Waals surface area contributed by atoms with Crippen LogP contribution in [0.1, 0.15) is 24.8 Å². The summed E-state index contributed by atoms with van der Waals surface area (Å²) in [6, 6.07) is 4.68. The van der Waals surface area contributed by atoms with Crippen molar-refractivity contribution in [2.75, 3.05) is 13.1 Å². The van der Waals surface area contributed by atoms with Gasteiger partial charge in [0.25, 0.3) is 10.0 Å². The van der Waals surface area contributed by atoms with Crippen LogP contribution in [0.3, 0.4) is 0 Å². The van der Waals surface area contributed by atoms with Crippen LogP contribution in [0.4, 0.5) is 0 Å². The molecule has 1 aromatic heterocycles. The molecular weight excluding hydrogens is 264 g/mol. The van der Waals surface area contributed by atoms with Gasteiger partial charge in [0, 0.05) is 25.3 Å². The van der Waals surface area contributed by atoms with Gasteiger partial charge in [-0.3, -0.25) is 0 Å². The summed E-state index contributed by atoms with van der Waals surface area (Å²) < 4.78 is 26.6. The number of aromatic nitrogens is 1. The molecule has 1 aromatic rings. The average Bonchev–Trinajstić information content (AvgIpc) is 2.47. The monoisotopic (exact) mass is 280 g/mol. The third-order valence-electron chi connectivity index (χ3n) is 3.29. The van der Waals surface area contributed by atoms with E-state index < -0.39 is 10.0 Å². The smallest absolute Gasteiger partial charge is 0.262 e. The third kappa shape index (κ3) is 2.61. The zero-order chi connectivity index (χ0) is 13.9. The Morgan fingerprint density at radius 3 is 3.00 bits per heavy atom. The molecule has 1 aliphatic rings. The highest BCUT2D eigenvalue weighted by Gasteiger charge is 2.34. The largest absolute Gasteiger partial charge is 0.329 e. The minimum Gasteiger partial charge on any atom is -0.329 e. The third-order valence-corrected chi connectivity index (χ3v) is 5.20.